The third-order valence-corrected chi connectivity index (χ3v) is 1.84. The number of nitro benzene ring substituents is 1. The molecular formula is C9H12N2O3. The Morgan fingerprint density at radius 2 is 2.29 bits per heavy atom. The number of nitrogens with one attached hydrogen (secondary N) is 1. The van der Waals surface area contributed by atoms with Gasteiger partial charge in [-0.25, -0.2) is 0 Å². The maximum absolute atomic E-state index is 10.5. The van der Waals surface area contributed by atoms with Gasteiger partial charge in [-0.2, -0.15) is 0 Å². The van der Waals surface area contributed by atoms with Crippen molar-refractivity contribution in [2.45, 2.75) is 6.54 Å². The number of non-ortho nitro benzene ring substituents is 1. The zero-order chi connectivity index (χ0) is 10.6. The van der Waals surface area contributed by atoms with Gasteiger partial charge in [0, 0.05) is 24.2 Å². The molecule has 0 radical (unpaired) electrons. The predicted molar refractivity (Wildman–Crippen MR) is 52.4 cm³/mol. The summed E-state index contributed by atoms with van der Waals surface area (Å²) >= 11 is 0. The quantitative estimate of drug-likeness (QED) is 0.582. The first-order valence-corrected chi connectivity index (χ1v) is 4.15. The molecule has 5 heteroatoms. The van der Waals surface area contributed by atoms with E-state index in [1.807, 2.05) is 0 Å². The van der Waals surface area contributed by atoms with E-state index in [4.69, 9.17) is 4.74 Å². The summed E-state index contributed by atoms with van der Waals surface area (Å²) in [5.74, 6) is 0.657. The van der Waals surface area contributed by atoms with Gasteiger partial charge in [0.25, 0.3) is 5.69 Å². The van der Waals surface area contributed by atoms with E-state index in [-0.39, 0.29) is 5.69 Å². The third-order valence-electron chi connectivity index (χ3n) is 1.84. The molecule has 0 spiro atoms. The standard InChI is InChI=1S/C9H12N2O3/c1-10-6-7-5-8(11(12)13)3-4-9(7)14-2/h3-5,10H,6H2,1-2H3. The fourth-order valence-corrected chi connectivity index (χ4v) is 1.21. The minimum absolute atomic E-state index is 0.0797. The summed E-state index contributed by atoms with van der Waals surface area (Å²) in [5.41, 5.74) is 0.861. The molecule has 0 bridgehead atoms. The van der Waals surface area contributed by atoms with Crippen molar-refractivity contribution in [1.29, 1.82) is 0 Å². The van der Waals surface area contributed by atoms with Crippen molar-refractivity contribution >= 4 is 5.69 Å². The number of hydrogen-bond donors (Lipinski definition) is 1. The Hall–Kier alpha value is -1.62. The van der Waals surface area contributed by atoms with E-state index in [9.17, 15) is 10.1 Å². The molecule has 0 heterocycles. The van der Waals surface area contributed by atoms with Gasteiger partial charge in [0.15, 0.2) is 0 Å². The van der Waals surface area contributed by atoms with Crippen LogP contribution >= 0.6 is 0 Å². The first-order chi connectivity index (χ1) is 6.69. The maximum atomic E-state index is 10.5. The number of methoxy groups -OCH3 is 1. The van der Waals surface area contributed by atoms with Crippen LogP contribution in [0.3, 0.4) is 0 Å². The van der Waals surface area contributed by atoms with Crippen LogP contribution in [0, 0.1) is 10.1 Å². The van der Waals surface area contributed by atoms with E-state index < -0.39 is 4.92 Å². The Kier molecular flexibility index (Phi) is 3.41. The van der Waals surface area contributed by atoms with Crippen molar-refractivity contribution in [2.24, 2.45) is 0 Å². The lowest BCUT2D eigenvalue weighted by Gasteiger charge is -2.06. The molecule has 0 aliphatic heterocycles. The Morgan fingerprint density at radius 1 is 1.57 bits per heavy atom. The number of ether oxygens (including phenoxy) is 1. The highest BCUT2D eigenvalue weighted by Gasteiger charge is 2.10. The molecule has 0 amide bonds. The minimum Gasteiger partial charge on any atom is -0.496 e. The highest BCUT2D eigenvalue weighted by atomic mass is 16.6. The molecule has 1 N–H and O–H groups in total. The molecule has 0 unspecified atom stereocenters. The summed E-state index contributed by atoms with van der Waals surface area (Å²) in [6.45, 7) is 0.546. The Bertz CT molecular complexity index is 339. The molecule has 14 heavy (non-hydrogen) atoms. The van der Waals surface area contributed by atoms with Crippen LogP contribution in [0.2, 0.25) is 0 Å². The molecule has 0 aliphatic rings. The zero-order valence-corrected chi connectivity index (χ0v) is 8.11. The molecule has 76 valence electrons. The van der Waals surface area contributed by atoms with Gasteiger partial charge in [-0.3, -0.25) is 10.1 Å². The van der Waals surface area contributed by atoms with Crippen molar-refractivity contribution in [2.75, 3.05) is 14.2 Å². The molecule has 1 rings (SSSR count). The Balaban J connectivity index is 3.07. The molecule has 1 aromatic carbocycles. The van der Waals surface area contributed by atoms with Gasteiger partial charge in [0.2, 0.25) is 0 Å². The van der Waals surface area contributed by atoms with Crippen molar-refractivity contribution in [3.63, 3.8) is 0 Å². The summed E-state index contributed by atoms with van der Waals surface area (Å²) in [4.78, 5) is 10.1. The van der Waals surface area contributed by atoms with Crippen LogP contribution in [0.5, 0.6) is 5.75 Å². The number of hydrogen-bond acceptors (Lipinski definition) is 4. The normalized spacial score (nSPS) is 9.86. The van der Waals surface area contributed by atoms with Gasteiger partial charge in [-0.05, 0) is 13.1 Å². The highest BCUT2D eigenvalue weighted by Crippen LogP contribution is 2.23. The number of nitro groups is 1. The fourth-order valence-electron chi connectivity index (χ4n) is 1.21. The van der Waals surface area contributed by atoms with E-state index in [1.165, 1.54) is 12.1 Å². The van der Waals surface area contributed by atoms with Gasteiger partial charge >= 0.3 is 0 Å². The van der Waals surface area contributed by atoms with Gasteiger partial charge in [0.1, 0.15) is 5.75 Å². The summed E-state index contributed by atoms with van der Waals surface area (Å²) in [6, 6.07) is 4.54. The van der Waals surface area contributed by atoms with Gasteiger partial charge in [-0.1, -0.05) is 0 Å². The topological polar surface area (TPSA) is 64.4 Å². The Morgan fingerprint density at radius 3 is 2.79 bits per heavy atom. The van der Waals surface area contributed by atoms with Gasteiger partial charge in [0.05, 0.1) is 12.0 Å². The first kappa shape index (κ1) is 10.5. The third kappa shape index (κ3) is 2.20. The van der Waals surface area contributed by atoms with Crippen molar-refractivity contribution < 1.29 is 9.66 Å². The van der Waals surface area contributed by atoms with Crippen LogP contribution in [0.1, 0.15) is 5.56 Å². The van der Waals surface area contributed by atoms with Crippen LogP contribution < -0.4 is 10.1 Å². The number of rotatable bonds is 4. The second-order valence-electron chi connectivity index (χ2n) is 2.78. The summed E-state index contributed by atoms with van der Waals surface area (Å²) in [5, 5.41) is 13.4. The molecular weight excluding hydrogens is 184 g/mol. The average molecular weight is 196 g/mol. The Labute approximate surface area is 81.8 Å². The highest BCUT2D eigenvalue weighted by molar-refractivity contribution is 5.43. The second kappa shape index (κ2) is 4.57. The van der Waals surface area contributed by atoms with Gasteiger partial charge < -0.3 is 10.1 Å². The lowest BCUT2D eigenvalue weighted by molar-refractivity contribution is -0.384. The molecule has 0 aromatic heterocycles. The summed E-state index contributed by atoms with van der Waals surface area (Å²) in [7, 11) is 3.32. The van der Waals surface area contributed by atoms with Crippen LogP contribution in [0.25, 0.3) is 0 Å². The SMILES string of the molecule is CNCc1cc([N+](=O)[O-])ccc1OC. The maximum Gasteiger partial charge on any atom is 0.270 e. The number of benzene rings is 1. The summed E-state index contributed by atoms with van der Waals surface area (Å²) in [6.07, 6.45) is 0. The molecule has 0 aliphatic carbocycles. The van der Waals surface area contributed by atoms with Crippen molar-refractivity contribution in [3.8, 4) is 5.75 Å². The van der Waals surface area contributed by atoms with E-state index in [0.29, 0.717) is 12.3 Å². The van der Waals surface area contributed by atoms with E-state index >= 15 is 0 Å². The van der Waals surface area contributed by atoms with Crippen LogP contribution in [-0.4, -0.2) is 19.1 Å². The predicted octanol–water partition coefficient (Wildman–Crippen LogP) is 1.32. The van der Waals surface area contributed by atoms with E-state index in [0.717, 1.165) is 5.56 Å². The molecule has 0 saturated heterocycles. The molecule has 1 aromatic rings. The van der Waals surface area contributed by atoms with E-state index in [2.05, 4.69) is 5.32 Å². The molecule has 0 atom stereocenters. The smallest absolute Gasteiger partial charge is 0.270 e. The molecule has 0 saturated carbocycles. The van der Waals surface area contributed by atoms with Crippen molar-refractivity contribution in [1.82, 2.24) is 5.32 Å². The average Bonchev–Trinajstić information content (AvgIpc) is 2.18. The summed E-state index contributed by atoms with van der Waals surface area (Å²) < 4.78 is 5.07. The zero-order valence-electron chi connectivity index (χ0n) is 8.11. The molecule has 5 nitrogen and oxygen atoms in total. The van der Waals surface area contributed by atoms with E-state index in [1.54, 1.807) is 20.2 Å². The number of nitrogens with zero attached hydrogens (tertiary/aromatic N) is 1. The first-order valence-electron chi connectivity index (χ1n) is 4.15. The van der Waals surface area contributed by atoms with Crippen molar-refractivity contribution in [3.05, 3.63) is 33.9 Å². The lowest BCUT2D eigenvalue weighted by atomic mass is 10.2. The largest absolute Gasteiger partial charge is 0.496 e. The second-order valence-corrected chi connectivity index (χ2v) is 2.78. The van der Waals surface area contributed by atoms with Crippen LogP contribution in [-0.2, 0) is 6.54 Å². The molecule has 0 fully saturated rings. The van der Waals surface area contributed by atoms with Crippen LogP contribution in [0.4, 0.5) is 5.69 Å². The fraction of sp³-hybridized carbons (Fsp3) is 0.333. The monoisotopic (exact) mass is 196 g/mol. The van der Waals surface area contributed by atoms with Crippen LogP contribution in [0.15, 0.2) is 18.2 Å². The lowest BCUT2D eigenvalue weighted by Crippen LogP contribution is -2.07. The minimum atomic E-state index is -0.418. The van der Waals surface area contributed by atoms with Gasteiger partial charge in [-0.15, -0.1) is 0 Å².